The molecule has 0 aromatic carbocycles. The second kappa shape index (κ2) is 5.41. The van der Waals surface area contributed by atoms with E-state index in [9.17, 15) is 0 Å². The molecule has 1 heterocycles. The van der Waals surface area contributed by atoms with Gasteiger partial charge in [-0.25, -0.2) is 0 Å². The minimum atomic E-state index is 0.240. The number of rotatable bonds is 5. The molecule has 1 unspecified atom stereocenters. The van der Waals surface area contributed by atoms with Crippen molar-refractivity contribution < 1.29 is 0 Å². The van der Waals surface area contributed by atoms with Gasteiger partial charge in [-0.1, -0.05) is 19.8 Å². The van der Waals surface area contributed by atoms with Crippen LogP contribution in [0.5, 0.6) is 0 Å². The van der Waals surface area contributed by atoms with Gasteiger partial charge in [0.25, 0.3) is 0 Å². The van der Waals surface area contributed by atoms with Crippen LogP contribution >= 0.6 is 0 Å². The Bertz CT molecular complexity index is 377. The van der Waals surface area contributed by atoms with Crippen LogP contribution < -0.4 is 5.32 Å². The fourth-order valence-electron chi connectivity index (χ4n) is 3.42. The Morgan fingerprint density at radius 2 is 2.11 bits per heavy atom. The average Bonchev–Trinajstić information content (AvgIpc) is 2.95. The Balaban J connectivity index is 2.37. The smallest absolute Gasteiger partial charge is 0.0678 e. The zero-order valence-electron chi connectivity index (χ0n) is 12.1. The van der Waals surface area contributed by atoms with E-state index in [0.717, 1.165) is 6.54 Å². The minimum Gasteiger partial charge on any atom is -0.307 e. The fourth-order valence-corrected chi connectivity index (χ4v) is 3.42. The molecule has 0 spiro atoms. The first-order chi connectivity index (χ1) is 8.62. The molecule has 0 amide bonds. The molecular formula is C14H26N4. The predicted octanol–water partition coefficient (Wildman–Crippen LogP) is 1.95. The van der Waals surface area contributed by atoms with E-state index in [0.29, 0.717) is 6.04 Å². The summed E-state index contributed by atoms with van der Waals surface area (Å²) < 4.78 is 2.01. The molecule has 0 radical (unpaired) electrons. The lowest BCUT2D eigenvalue weighted by molar-refractivity contribution is 0.101. The molecule has 0 saturated heterocycles. The maximum Gasteiger partial charge on any atom is 0.0678 e. The van der Waals surface area contributed by atoms with Gasteiger partial charge in [0.15, 0.2) is 0 Å². The first-order valence-electron chi connectivity index (χ1n) is 7.00. The number of likely N-dealkylation sites (N-methyl/N-ethyl adjacent to an activating group) is 2. The molecule has 18 heavy (non-hydrogen) atoms. The zero-order valence-corrected chi connectivity index (χ0v) is 12.1. The van der Waals surface area contributed by atoms with Crippen molar-refractivity contribution >= 4 is 0 Å². The van der Waals surface area contributed by atoms with Gasteiger partial charge >= 0.3 is 0 Å². The topological polar surface area (TPSA) is 33.1 Å². The predicted molar refractivity (Wildman–Crippen MR) is 74.5 cm³/mol. The molecule has 1 atom stereocenters. The van der Waals surface area contributed by atoms with Gasteiger partial charge in [-0.2, -0.15) is 5.10 Å². The number of hydrogen-bond acceptors (Lipinski definition) is 3. The summed E-state index contributed by atoms with van der Waals surface area (Å²) in [5.74, 6) is 0. The van der Waals surface area contributed by atoms with Crippen molar-refractivity contribution in [1.29, 1.82) is 0 Å². The number of nitrogens with one attached hydrogen (secondary N) is 1. The molecule has 102 valence electrons. The Labute approximate surface area is 110 Å². The van der Waals surface area contributed by atoms with Crippen LogP contribution in [0.25, 0.3) is 0 Å². The quantitative estimate of drug-likeness (QED) is 0.867. The third-order valence-electron chi connectivity index (χ3n) is 4.46. The molecule has 1 aromatic rings. The summed E-state index contributed by atoms with van der Waals surface area (Å²) in [6.45, 7) is 3.17. The number of aromatic nitrogens is 2. The van der Waals surface area contributed by atoms with Crippen LogP contribution in [0.15, 0.2) is 12.3 Å². The highest BCUT2D eigenvalue weighted by atomic mass is 15.3. The van der Waals surface area contributed by atoms with E-state index in [1.54, 1.807) is 0 Å². The van der Waals surface area contributed by atoms with Crippen molar-refractivity contribution in [2.24, 2.45) is 7.05 Å². The van der Waals surface area contributed by atoms with Crippen molar-refractivity contribution in [2.75, 3.05) is 20.6 Å². The molecule has 2 rings (SSSR count). The van der Waals surface area contributed by atoms with Gasteiger partial charge in [-0.05, 0) is 39.5 Å². The summed E-state index contributed by atoms with van der Waals surface area (Å²) >= 11 is 0. The zero-order chi connectivity index (χ0) is 13.2. The molecule has 1 N–H and O–H groups in total. The fraction of sp³-hybridized carbons (Fsp3) is 0.786. The maximum absolute atomic E-state index is 4.34. The number of nitrogens with zero attached hydrogens (tertiary/aromatic N) is 3. The van der Waals surface area contributed by atoms with E-state index in [4.69, 9.17) is 0 Å². The number of hydrogen-bond donors (Lipinski definition) is 1. The molecule has 1 saturated carbocycles. The van der Waals surface area contributed by atoms with E-state index >= 15 is 0 Å². The van der Waals surface area contributed by atoms with Gasteiger partial charge in [0, 0.05) is 18.8 Å². The molecule has 0 aliphatic heterocycles. The van der Waals surface area contributed by atoms with E-state index in [1.165, 1.54) is 31.4 Å². The van der Waals surface area contributed by atoms with Gasteiger partial charge in [0.1, 0.15) is 0 Å². The Morgan fingerprint density at radius 1 is 1.44 bits per heavy atom. The normalized spacial score (nSPS) is 20.5. The summed E-state index contributed by atoms with van der Waals surface area (Å²) in [6.07, 6.45) is 7.10. The largest absolute Gasteiger partial charge is 0.307 e. The number of aryl methyl sites for hydroxylation is 1. The highest BCUT2D eigenvalue weighted by molar-refractivity contribution is 5.16. The maximum atomic E-state index is 4.34. The van der Waals surface area contributed by atoms with Gasteiger partial charge in [0.2, 0.25) is 0 Å². The highest BCUT2D eigenvalue weighted by Gasteiger charge is 2.44. The molecule has 0 bridgehead atoms. The first-order valence-corrected chi connectivity index (χ1v) is 7.00. The summed E-state index contributed by atoms with van der Waals surface area (Å²) in [5, 5.41) is 8.03. The second-order valence-electron chi connectivity index (χ2n) is 5.58. The van der Waals surface area contributed by atoms with Crippen molar-refractivity contribution in [3.63, 3.8) is 0 Å². The van der Waals surface area contributed by atoms with Gasteiger partial charge < -0.3 is 10.2 Å². The van der Waals surface area contributed by atoms with E-state index in [1.807, 2.05) is 17.9 Å². The van der Waals surface area contributed by atoms with Gasteiger partial charge in [0.05, 0.1) is 11.7 Å². The third kappa shape index (κ3) is 2.19. The van der Waals surface area contributed by atoms with Crippen LogP contribution in [-0.2, 0) is 7.05 Å². The SMILES string of the molecule is CCNC(c1ccnn1C)C1(N(C)C)CCCC1. The lowest BCUT2D eigenvalue weighted by atomic mass is 9.84. The van der Waals surface area contributed by atoms with Crippen LogP contribution in [-0.4, -0.2) is 40.9 Å². The molecule has 1 aliphatic carbocycles. The molecule has 4 heteroatoms. The summed E-state index contributed by atoms with van der Waals surface area (Å²) in [6, 6.07) is 2.52. The summed E-state index contributed by atoms with van der Waals surface area (Å²) in [7, 11) is 6.47. The van der Waals surface area contributed by atoms with Gasteiger partial charge in [-0.3, -0.25) is 4.68 Å². The first kappa shape index (κ1) is 13.6. The highest BCUT2D eigenvalue weighted by Crippen LogP contribution is 2.43. The van der Waals surface area contributed by atoms with E-state index in [-0.39, 0.29) is 5.54 Å². The molecule has 1 fully saturated rings. The summed E-state index contributed by atoms with van der Waals surface area (Å²) in [5.41, 5.74) is 1.54. The van der Waals surface area contributed by atoms with E-state index < -0.39 is 0 Å². The second-order valence-corrected chi connectivity index (χ2v) is 5.58. The van der Waals surface area contributed by atoms with Gasteiger partial charge in [-0.15, -0.1) is 0 Å². The average molecular weight is 250 g/mol. The lowest BCUT2D eigenvalue weighted by Crippen LogP contribution is -2.52. The third-order valence-corrected chi connectivity index (χ3v) is 4.46. The summed E-state index contributed by atoms with van der Waals surface area (Å²) in [4.78, 5) is 2.42. The Kier molecular flexibility index (Phi) is 4.07. The van der Waals surface area contributed by atoms with Crippen LogP contribution in [0, 0.1) is 0 Å². The van der Waals surface area contributed by atoms with Crippen LogP contribution in [0.2, 0.25) is 0 Å². The molecular weight excluding hydrogens is 224 g/mol. The van der Waals surface area contributed by atoms with Crippen LogP contribution in [0.1, 0.15) is 44.3 Å². The van der Waals surface area contributed by atoms with Crippen molar-refractivity contribution in [2.45, 2.75) is 44.2 Å². The Morgan fingerprint density at radius 3 is 2.56 bits per heavy atom. The minimum absolute atomic E-state index is 0.240. The Hall–Kier alpha value is -0.870. The van der Waals surface area contributed by atoms with Crippen molar-refractivity contribution in [3.05, 3.63) is 18.0 Å². The molecule has 1 aromatic heterocycles. The van der Waals surface area contributed by atoms with Crippen LogP contribution in [0.4, 0.5) is 0 Å². The monoisotopic (exact) mass is 250 g/mol. The molecule has 4 nitrogen and oxygen atoms in total. The molecule has 1 aliphatic rings. The lowest BCUT2D eigenvalue weighted by Gasteiger charge is -2.43. The standard InChI is InChI=1S/C14H26N4/c1-5-15-13(12-8-11-16-18(12)4)14(17(2)3)9-6-7-10-14/h8,11,13,15H,5-7,9-10H2,1-4H3. The van der Waals surface area contributed by atoms with Crippen molar-refractivity contribution in [3.8, 4) is 0 Å². The van der Waals surface area contributed by atoms with Crippen molar-refractivity contribution in [1.82, 2.24) is 20.0 Å². The van der Waals surface area contributed by atoms with Crippen LogP contribution in [0.3, 0.4) is 0 Å². The van der Waals surface area contributed by atoms with E-state index in [2.05, 4.69) is 42.4 Å².